The Morgan fingerprint density at radius 2 is 2.12 bits per heavy atom. The first-order chi connectivity index (χ1) is 11.5. The number of allylic oxidation sites excluding steroid dienone is 1. The summed E-state index contributed by atoms with van der Waals surface area (Å²) in [4.78, 5) is 2.25. The van der Waals surface area contributed by atoms with Crippen LogP contribution >= 0.6 is 0 Å². The Kier molecular flexibility index (Phi) is 6.55. The standard InChI is InChI=1S/C19H28N4O/c1-6-8-17-11-16(9-10-18(17)24-7-2)12-22(5)13-19-21-20-14-23(19)15(3)4/h6,9-11,14-15H,1,7-8,12-13H2,2-5H3. The predicted octanol–water partition coefficient (Wildman–Crippen LogP) is 3.62. The maximum absolute atomic E-state index is 5.69. The van der Waals surface area contributed by atoms with E-state index in [-0.39, 0.29) is 0 Å². The number of aromatic nitrogens is 3. The fourth-order valence-corrected chi connectivity index (χ4v) is 2.76. The van der Waals surface area contributed by atoms with Crippen LogP contribution in [-0.4, -0.2) is 33.3 Å². The van der Waals surface area contributed by atoms with Crippen molar-refractivity contribution < 1.29 is 4.74 Å². The summed E-state index contributed by atoms with van der Waals surface area (Å²) in [6.45, 7) is 12.4. The first kappa shape index (κ1) is 18.2. The molecule has 0 fully saturated rings. The third-order valence-electron chi connectivity index (χ3n) is 3.86. The molecular formula is C19H28N4O. The van der Waals surface area contributed by atoms with E-state index in [1.807, 2.05) is 13.0 Å². The molecule has 0 saturated carbocycles. The molecule has 1 aromatic heterocycles. The molecule has 1 aromatic carbocycles. The van der Waals surface area contributed by atoms with Gasteiger partial charge in [0.1, 0.15) is 17.9 Å². The smallest absolute Gasteiger partial charge is 0.147 e. The summed E-state index contributed by atoms with van der Waals surface area (Å²) in [5, 5.41) is 8.28. The molecule has 2 rings (SSSR count). The minimum atomic E-state index is 0.369. The molecule has 0 aliphatic carbocycles. The molecule has 0 aliphatic rings. The summed E-state index contributed by atoms with van der Waals surface area (Å²) >= 11 is 0. The Bertz CT molecular complexity index is 663. The Labute approximate surface area is 145 Å². The second-order valence-electron chi connectivity index (χ2n) is 6.29. The van der Waals surface area contributed by atoms with E-state index < -0.39 is 0 Å². The summed E-state index contributed by atoms with van der Waals surface area (Å²) in [7, 11) is 2.10. The zero-order chi connectivity index (χ0) is 17.5. The fourth-order valence-electron chi connectivity index (χ4n) is 2.76. The molecule has 0 bridgehead atoms. The SMILES string of the molecule is C=CCc1cc(CN(C)Cc2nncn2C(C)C)ccc1OCC. The highest BCUT2D eigenvalue weighted by atomic mass is 16.5. The molecule has 24 heavy (non-hydrogen) atoms. The van der Waals surface area contributed by atoms with Gasteiger partial charge in [-0.2, -0.15) is 0 Å². The van der Waals surface area contributed by atoms with Gasteiger partial charge in [-0.05, 0) is 51.4 Å². The van der Waals surface area contributed by atoms with Crippen molar-refractivity contribution in [1.29, 1.82) is 0 Å². The van der Waals surface area contributed by atoms with E-state index in [1.54, 1.807) is 6.33 Å². The van der Waals surface area contributed by atoms with Crippen molar-refractivity contribution in [3.8, 4) is 5.75 Å². The van der Waals surface area contributed by atoms with Gasteiger partial charge >= 0.3 is 0 Å². The number of ether oxygens (including phenoxy) is 1. The highest BCUT2D eigenvalue weighted by Crippen LogP contribution is 2.22. The fraction of sp³-hybridized carbons (Fsp3) is 0.474. The minimum Gasteiger partial charge on any atom is -0.494 e. The minimum absolute atomic E-state index is 0.369. The third kappa shape index (κ3) is 4.68. The third-order valence-corrected chi connectivity index (χ3v) is 3.86. The Hall–Kier alpha value is -2.14. The van der Waals surface area contributed by atoms with Crippen LogP contribution in [0.25, 0.3) is 0 Å². The lowest BCUT2D eigenvalue weighted by Gasteiger charge is -2.19. The van der Waals surface area contributed by atoms with Crippen LogP contribution in [0, 0.1) is 0 Å². The van der Waals surface area contributed by atoms with Crippen LogP contribution < -0.4 is 4.74 Å². The van der Waals surface area contributed by atoms with Crippen molar-refractivity contribution in [2.45, 2.75) is 46.3 Å². The van der Waals surface area contributed by atoms with Crippen molar-refractivity contribution in [3.63, 3.8) is 0 Å². The zero-order valence-corrected chi connectivity index (χ0v) is 15.2. The van der Waals surface area contributed by atoms with Crippen molar-refractivity contribution in [1.82, 2.24) is 19.7 Å². The summed E-state index contributed by atoms with van der Waals surface area (Å²) in [5.74, 6) is 1.94. The van der Waals surface area contributed by atoms with Crippen molar-refractivity contribution in [2.75, 3.05) is 13.7 Å². The highest BCUT2D eigenvalue weighted by Gasteiger charge is 2.11. The highest BCUT2D eigenvalue weighted by molar-refractivity contribution is 5.38. The van der Waals surface area contributed by atoms with Gasteiger partial charge in [-0.1, -0.05) is 18.2 Å². The second-order valence-corrected chi connectivity index (χ2v) is 6.29. The van der Waals surface area contributed by atoms with E-state index in [4.69, 9.17) is 4.74 Å². The van der Waals surface area contributed by atoms with E-state index in [9.17, 15) is 0 Å². The van der Waals surface area contributed by atoms with Gasteiger partial charge in [0.25, 0.3) is 0 Å². The van der Waals surface area contributed by atoms with Gasteiger partial charge < -0.3 is 9.30 Å². The number of rotatable bonds is 9. The van der Waals surface area contributed by atoms with E-state index in [1.165, 1.54) is 11.1 Å². The van der Waals surface area contributed by atoms with Crippen LogP contribution in [0.2, 0.25) is 0 Å². The summed E-state index contributed by atoms with van der Waals surface area (Å²) in [5.41, 5.74) is 2.44. The van der Waals surface area contributed by atoms with Gasteiger partial charge in [0, 0.05) is 12.6 Å². The average molecular weight is 328 g/mol. The predicted molar refractivity (Wildman–Crippen MR) is 97.1 cm³/mol. The van der Waals surface area contributed by atoms with Crippen LogP contribution in [0.1, 0.15) is 43.8 Å². The second kappa shape index (κ2) is 8.64. The lowest BCUT2D eigenvalue weighted by Crippen LogP contribution is -2.20. The molecule has 0 unspecified atom stereocenters. The van der Waals surface area contributed by atoms with Crippen molar-refractivity contribution >= 4 is 0 Å². The quantitative estimate of drug-likeness (QED) is 0.660. The molecule has 0 saturated heterocycles. The summed E-state index contributed by atoms with van der Waals surface area (Å²) in [6, 6.07) is 6.76. The van der Waals surface area contributed by atoms with Gasteiger partial charge in [0.2, 0.25) is 0 Å². The molecule has 5 heteroatoms. The van der Waals surface area contributed by atoms with E-state index in [0.717, 1.165) is 31.1 Å². The molecule has 0 spiro atoms. The van der Waals surface area contributed by atoms with Crippen LogP contribution in [0.4, 0.5) is 0 Å². The number of hydrogen-bond donors (Lipinski definition) is 0. The van der Waals surface area contributed by atoms with Crippen molar-refractivity contribution in [3.05, 3.63) is 54.1 Å². The zero-order valence-electron chi connectivity index (χ0n) is 15.2. The van der Waals surface area contributed by atoms with E-state index >= 15 is 0 Å². The Morgan fingerprint density at radius 1 is 1.33 bits per heavy atom. The topological polar surface area (TPSA) is 43.2 Å². The molecular weight excluding hydrogens is 300 g/mol. The maximum Gasteiger partial charge on any atom is 0.147 e. The van der Waals surface area contributed by atoms with Crippen LogP contribution in [0.15, 0.2) is 37.2 Å². The molecule has 2 aromatic rings. The Morgan fingerprint density at radius 3 is 2.79 bits per heavy atom. The lowest BCUT2D eigenvalue weighted by molar-refractivity contribution is 0.301. The van der Waals surface area contributed by atoms with E-state index in [2.05, 4.69) is 65.3 Å². The molecule has 0 N–H and O–H groups in total. The normalized spacial score (nSPS) is 11.2. The number of nitrogens with zero attached hydrogens (tertiary/aromatic N) is 4. The molecule has 0 atom stereocenters. The van der Waals surface area contributed by atoms with E-state index in [0.29, 0.717) is 12.6 Å². The molecule has 0 aliphatic heterocycles. The van der Waals surface area contributed by atoms with Crippen LogP contribution in [-0.2, 0) is 19.5 Å². The molecule has 130 valence electrons. The van der Waals surface area contributed by atoms with Crippen LogP contribution in [0.5, 0.6) is 5.75 Å². The van der Waals surface area contributed by atoms with Crippen molar-refractivity contribution in [2.24, 2.45) is 0 Å². The van der Waals surface area contributed by atoms with Gasteiger partial charge in [-0.25, -0.2) is 0 Å². The Balaban J connectivity index is 2.08. The molecule has 5 nitrogen and oxygen atoms in total. The van der Waals surface area contributed by atoms with Gasteiger partial charge in [0.15, 0.2) is 0 Å². The summed E-state index contributed by atoms with van der Waals surface area (Å²) in [6.07, 6.45) is 4.53. The first-order valence-electron chi connectivity index (χ1n) is 8.47. The number of hydrogen-bond acceptors (Lipinski definition) is 4. The van der Waals surface area contributed by atoms with Gasteiger partial charge in [0.05, 0.1) is 13.2 Å². The largest absolute Gasteiger partial charge is 0.494 e. The lowest BCUT2D eigenvalue weighted by atomic mass is 10.1. The average Bonchev–Trinajstić information content (AvgIpc) is 2.98. The maximum atomic E-state index is 5.69. The molecule has 0 radical (unpaired) electrons. The molecule has 1 heterocycles. The van der Waals surface area contributed by atoms with Crippen LogP contribution in [0.3, 0.4) is 0 Å². The summed E-state index contributed by atoms with van der Waals surface area (Å²) < 4.78 is 7.80. The van der Waals surface area contributed by atoms with Gasteiger partial charge in [-0.15, -0.1) is 16.8 Å². The monoisotopic (exact) mass is 328 g/mol. The van der Waals surface area contributed by atoms with Gasteiger partial charge in [-0.3, -0.25) is 4.90 Å². The number of benzene rings is 1. The first-order valence-corrected chi connectivity index (χ1v) is 8.47. The molecule has 0 amide bonds.